The number of halogens is 6. The van der Waals surface area contributed by atoms with Gasteiger partial charge in [0.05, 0.1) is 17.9 Å². The zero-order valence-corrected chi connectivity index (χ0v) is 21.4. The molecular weight excluding hydrogens is 556 g/mol. The number of rotatable bonds is 3. The lowest BCUT2D eigenvalue weighted by molar-refractivity contribution is -0.193. The number of amides is 1. The largest absolute Gasteiger partial charge is 0.490 e. The van der Waals surface area contributed by atoms with E-state index in [9.17, 15) is 31.1 Å². The Morgan fingerprint density at radius 1 is 0.925 bits per heavy atom. The number of hydrogen-bond donors (Lipinski definition) is 2. The number of piperidine rings is 1. The number of likely N-dealkylation sites (tertiary alicyclic amines) is 1. The number of nitrogens with zero attached hydrogens (tertiary/aromatic N) is 3. The summed E-state index contributed by atoms with van der Waals surface area (Å²) in [6.45, 7) is 6.59. The van der Waals surface area contributed by atoms with Crippen molar-refractivity contribution in [1.82, 2.24) is 14.8 Å². The van der Waals surface area contributed by atoms with Crippen LogP contribution >= 0.6 is 0 Å². The quantitative estimate of drug-likeness (QED) is 0.513. The lowest BCUT2D eigenvalue weighted by Crippen LogP contribution is -2.57. The summed E-state index contributed by atoms with van der Waals surface area (Å²) >= 11 is 0. The van der Waals surface area contributed by atoms with Crippen molar-refractivity contribution >= 4 is 17.8 Å². The zero-order chi connectivity index (χ0) is 30.0. The predicted octanol–water partition coefficient (Wildman–Crippen LogP) is 2.97. The van der Waals surface area contributed by atoms with Crippen LogP contribution in [0.2, 0.25) is 0 Å². The number of aromatic nitrogens is 1. The highest BCUT2D eigenvalue weighted by atomic mass is 19.4. The van der Waals surface area contributed by atoms with Crippen LogP contribution in [0.5, 0.6) is 0 Å². The van der Waals surface area contributed by atoms with Gasteiger partial charge in [0.1, 0.15) is 0 Å². The highest BCUT2D eigenvalue weighted by Crippen LogP contribution is 2.32. The van der Waals surface area contributed by atoms with Crippen LogP contribution in [-0.2, 0) is 30.4 Å². The average molecular weight is 588 g/mol. The summed E-state index contributed by atoms with van der Waals surface area (Å²) in [5.41, 5.74) is 1.01. The van der Waals surface area contributed by atoms with Gasteiger partial charge in [-0.1, -0.05) is 6.07 Å². The van der Waals surface area contributed by atoms with Gasteiger partial charge in [0.15, 0.2) is 0 Å². The van der Waals surface area contributed by atoms with Crippen LogP contribution in [0.1, 0.15) is 31.4 Å². The first-order valence-corrected chi connectivity index (χ1v) is 12.4. The lowest BCUT2D eigenvalue weighted by atomic mass is 9.88. The van der Waals surface area contributed by atoms with E-state index in [2.05, 4.69) is 20.9 Å². The summed E-state index contributed by atoms with van der Waals surface area (Å²) < 4.78 is 75.1. The van der Waals surface area contributed by atoms with E-state index in [1.165, 1.54) is 0 Å². The molecule has 3 fully saturated rings. The van der Waals surface area contributed by atoms with Crippen molar-refractivity contribution in [2.75, 3.05) is 46.0 Å². The molecule has 0 atom stereocenters. The Morgan fingerprint density at radius 2 is 1.48 bits per heavy atom. The second-order valence-corrected chi connectivity index (χ2v) is 9.38. The van der Waals surface area contributed by atoms with E-state index in [4.69, 9.17) is 29.3 Å². The number of carbonyl (C=O) groups excluding carboxylic acids is 1. The number of carbonyl (C=O) groups is 3. The molecule has 16 heteroatoms. The molecule has 0 saturated carbocycles. The van der Waals surface area contributed by atoms with Crippen LogP contribution in [0.4, 0.5) is 26.3 Å². The third-order valence-corrected chi connectivity index (χ3v) is 6.48. The third-order valence-electron chi connectivity index (χ3n) is 6.48. The minimum atomic E-state index is -5.08. The molecule has 10 nitrogen and oxygen atoms in total. The van der Waals surface area contributed by atoms with E-state index in [1.807, 2.05) is 18.3 Å². The molecule has 0 aromatic carbocycles. The fourth-order valence-electron chi connectivity index (χ4n) is 4.42. The summed E-state index contributed by atoms with van der Waals surface area (Å²) in [5, 5.41) is 14.2. The van der Waals surface area contributed by atoms with E-state index in [-0.39, 0.29) is 11.5 Å². The maximum Gasteiger partial charge on any atom is 0.490 e. The number of pyridine rings is 1. The molecule has 0 unspecified atom stereocenters. The number of aliphatic carboxylic acids is 2. The smallest absolute Gasteiger partial charge is 0.475 e. The minimum Gasteiger partial charge on any atom is -0.475 e. The molecular formula is C24H31F6N3O7. The molecule has 0 bridgehead atoms. The Morgan fingerprint density at radius 3 is 1.95 bits per heavy atom. The van der Waals surface area contributed by atoms with Gasteiger partial charge in [0.25, 0.3) is 0 Å². The molecule has 4 heterocycles. The molecule has 1 aromatic heterocycles. The molecule has 3 aliphatic heterocycles. The van der Waals surface area contributed by atoms with Gasteiger partial charge in [-0.05, 0) is 37.8 Å². The van der Waals surface area contributed by atoms with Crippen molar-refractivity contribution in [1.29, 1.82) is 0 Å². The zero-order valence-electron chi connectivity index (χ0n) is 21.4. The van der Waals surface area contributed by atoms with Gasteiger partial charge in [0, 0.05) is 58.1 Å². The molecule has 4 rings (SSSR count). The Hall–Kier alpha value is -2.98. The Balaban J connectivity index is 0.000000333. The number of morpholine rings is 1. The second kappa shape index (κ2) is 14.6. The Kier molecular flexibility index (Phi) is 12.1. The SMILES string of the molecule is O=C(C1CCOCC1)N1CCC2(CC1)CN(Cc1ccccn1)CCO2.O=C(O)C(F)(F)F.O=C(O)C(F)(F)F. The molecule has 2 N–H and O–H groups in total. The van der Waals surface area contributed by atoms with Crippen molar-refractivity contribution in [3.8, 4) is 0 Å². The van der Waals surface area contributed by atoms with Gasteiger partial charge in [0.2, 0.25) is 5.91 Å². The number of carboxylic acids is 2. The second-order valence-electron chi connectivity index (χ2n) is 9.38. The molecule has 3 saturated heterocycles. The van der Waals surface area contributed by atoms with Crippen LogP contribution < -0.4 is 0 Å². The van der Waals surface area contributed by atoms with Gasteiger partial charge in [-0.15, -0.1) is 0 Å². The van der Waals surface area contributed by atoms with Crippen LogP contribution in [0.3, 0.4) is 0 Å². The van der Waals surface area contributed by atoms with Gasteiger partial charge in [-0.3, -0.25) is 14.7 Å². The summed E-state index contributed by atoms with van der Waals surface area (Å²) in [7, 11) is 0. The molecule has 1 aromatic rings. The predicted molar refractivity (Wildman–Crippen MR) is 125 cm³/mol. The van der Waals surface area contributed by atoms with Crippen molar-refractivity contribution in [2.24, 2.45) is 5.92 Å². The van der Waals surface area contributed by atoms with E-state index in [1.54, 1.807) is 0 Å². The third kappa shape index (κ3) is 10.9. The summed E-state index contributed by atoms with van der Waals surface area (Å²) in [6.07, 6.45) is -4.71. The average Bonchev–Trinajstić information content (AvgIpc) is 2.90. The number of hydrogen-bond acceptors (Lipinski definition) is 7. The van der Waals surface area contributed by atoms with Crippen LogP contribution in [-0.4, -0.2) is 107 Å². The lowest BCUT2D eigenvalue weighted by Gasteiger charge is -2.47. The fraction of sp³-hybridized carbons (Fsp3) is 0.667. The van der Waals surface area contributed by atoms with Crippen molar-refractivity contribution in [3.05, 3.63) is 30.1 Å². The molecule has 226 valence electrons. The van der Waals surface area contributed by atoms with Gasteiger partial charge in [-0.25, -0.2) is 9.59 Å². The number of alkyl halides is 6. The Labute approximate surface area is 225 Å². The monoisotopic (exact) mass is 587 g/mol. The highest BCUT2D eigenvalue weighted by molar-refractivity contribution is 5.79. The normalized spacial score (nSPS) is 20.0. The van der Waals surface area contributed by atoms with E-state index < -0.39 is 24.3 Å². The van der Waals surface area contributed by atoms with E-state index >= 15 is 0 Å². The molecule has 0 aliphatic carbocycles. The minimum absolute atomic E-state index is 0.0977. The summed E-state index contributed by atoms with van der Waals surface area (Å²) in [6, 6.07) is 6.08. The van der Waals surface area contributed by atoms with Crippen LogP contribution in [0.15, 0.2) is 24.4 Å². The molecule has 0 radical (unpaired) electrons. The van der Waals surface area contributed by atoms with Crippen molar-refractivity contribution in [3.63, 3.8) is 0 Å². The number of ether oxygens (including phenoxy) is 2. The summed E-state index contributed by atoms with van der Waals surface area (Å²) in [4.78, 5) is 39.5. The maximum atomic E-state index is 12.7. The highest BCUT2D eigenvalue weighted by Gasteiger charge is 2.42. The van der Waals surface area contributed by atoms with Gasteiger partial charge in [-0.2, -0.15) is 26.3 Å². The number of carboxylic acid groups (broad SMARTS) is 2. The van der Waals surface area contributed by atoms with Gasteiger partial charge >= 0.3 is 24.3 Å². The van der Waals surface area contributed by atoms with Crippen molar-refractivity contribution in [2.45, 2.75) is 50.2 Å². The van der Waals surface area contributed by atoms with Crippen LogP contribution in [0.25, 0.3) is 0 Å². The topological polar surface area (TPSA) is 130 Å². The Bertz CT molecular complexity index is 940. The molecule has 40 heavy (non-hydrogen) atoms. The summed E-state index contributed by atoms with van der Waals surface area (Å²) in [5.74, 6) is -5.03. The standard InChI is InChI=1S/C20H29N3O3.2C2HF3O2/c24-19(17-4-12-25-13-5-17)23-9-6-20(7-10-23)16-22(11-14-26-20)15-18-3-1-2-8-21-18;2*3-2(4,5)1(6)7/h1-3,8,17H,4-7,9-16H2;2*(H,6,7). The first-order chi connectivity index (χ1) is 18.6. The first-order valence-electron chi connectivity index (χ1n) is 12.4. The van der Waals surface area contributed by atoms with Crippen LogP contribution in [0, 0.1) is 5.92 Å². The fourth-order valence-corrected chi connectivity index (χ4v) is 4.42. The molecule has 1 spiro atoms. The van der Waals surface area contributed by atoms with E-state index in [0.29, 0.717) is 5.91 Å². The van der Waals surface area contributed by atoms with Crippen molar-refractivity contribution < 1.29 is 60.4 Å². The molecule has 1 amide bonds. The maximum absolute atomic E-state index is 12.7. The first kappa shape index (κ1) is 33.2. The molecule has 3 aliphatic rings. The van der Waals surface area contributed by atoms with Gasteiger partial charge < -0.3 is 24.6 Å². The van der Waals surface area contributed by atoms with E-state index in [0.717, 1.165) is 83.9 Å².